The second-order valence-corrected chi connectivity index (χ2v) is 4.69. The van der Waals surface area contributed by atoms with E-state index in [1.54, 1.807) is 20.0 Å². The SMILES string of the molecule is Cc1cnc(CNC(=O)N2CCC(C(=O)O)C2C)o1. The number of aliphatic carboxylic acids is 1. The van der Waals surface area contributed by atoms with Gasteiger partial charge in [0.05, 0.1) is 18.7 Å². The van der Waals surface area contributed by atoms with Crippen molar-refractivity contribution in [3.05, 3.63) is 17.8 Å². The van der Waals surface area contributed by atoms with Gasteiger partial charge >= 0.3 is 12.0 Å². The standard InChI is InChI=1S/C12H17N3O4/c1-7-5-13-10(19-7)6-14-12(18)15-4-3-9(8(15)2)11(16)17/h5,8-9H,3-4,6H2,1-2H3,(H,14,18)(H,16,17). The van der Waals surface area contributed by atoms with Gasteiger partial charge in [0.25, 0.3) is 0 Å². The molecule has 2 amide bonds. The van der Waals surface area contributed by atoms with Crippen molar-refractivity contribution in [1.29, 1.82) is 0 Å². The second kappa shape index (κ2) is 5.29. The molecule has 1 aliphatic heterocycles. The molecule has 7 heteroatoms. The minimum Gasteiger partial charge on any atom is -0.481 e. The highest BCUT2D eigenvalue weighted by Crippen LogP contribution is 2.24. The maximum Gasteiger partial charge on any atom is 0.318 e. The number of likely N-dealkylation sites (tertiary alicyclic amines) is 1. The Labute approximate surface area is 110 Å². The molecule has 19 heavy (non-hydrogen) atoms. The molecule has 0 bridgehead atoms. The van der Waals surface area contributed by atoms with E-state index in [9.17, 15) is 9.59 Å². The summed E-state index contributed by atoms with van der Waals surface area (Å²) in [6.07, 6.45) is 2.07. The van der Waals surface area contributed by atoms with Crippen LogP contribution in [0.25, 0.3) is 0 Å². The van der Waals surface area contributed by atoms with E-state index in [-0.39, 0.29) is 18.6 Å². The summed E-state index contributed by atoms with van der Waals surface area (Å²) in [7, 11) is 0. The van der Waals surface area contributed by atoms with Crippen LogP contribution in [0.3, 0.4) is 0 Å². The maximum atomic E-state index is 12.0. The predicted molar refractivity (Wildman–Crippen MR) is 65.4 cm³/mol. The molecule has 0 saturated carbocycles. The van der Waals surface area contributed by atoms with Crippen LogP contribution in [0.4, 0.5) is 4.79 Å². The Morgan fingerprint density at radius 3 is 2.89 bits per heavy atom. The fourth-order valence-corrected chi connectivity index (χ4v) is 2.29. The first-order chi connectivity index (χ1) is 8.99. The number of amides is 2. The van der Waals surface area contributed by atoms with E-state index in [2.05, 4.69) is 10.3 Å². The van der Waals surface area contributed by atoms with E-state index in [1.807, 2.05) is 0 Å². The lowest BCUT2D eigenvalue weighted by atomic mass is 10.0. The summed E-state index contributed by atoms with van der Waals surface area (Å²) in [5.74, 6) is -0.224. The molecule has 2 unspecified atom stereocenters. The molecule has 1 aliphatic rings. The smallest absolute Gasteiger partial charge is 0.318 e. The molecule has 1 fully saturated rings. The van der Waals surface area contributed by atoms with Crippen LogP contribution < -0.4 is 5.32 Å². The molecular weight excluding hydrogens is 250 g/mol. The van der Waals surface area contributed by atoms with Crippen molar-refractivity contribution in [2.45, 2.75) is 32.9 Å². The first-order valence-electron chi connectivity index (χ1n) is 6.17. The van der Waals surface area contributed by atoms with E-state index in [0.29, 0.717) is 24.6 Å². The molecule has 0 aliphatic carbocycles. The van der Waals surface area contributed by atoms with Crippen molar-refractivity contribution < 1.29 is 19.1 Å². The molecule has 1 saturated heterocycles. The van der Waals surface area contributed by atoms with Gasteiger partial charge < -0.3 is 19.7 Å². The van der Waals surface area contributed by atoms with Crippen LogP contribution in [0, 0.1) is 12.8 Å². The van der Waals surface area contributed by atoms with Gasteiger partial charge in [0, 0.05) is 12.6 Å². The van der Waals surface area contributed by atoms with Gasteiger partial charge in [-0.15, -0.1) is 0 Å². The lowest BCUT2D eigenvalue weighted by Crippen LogP contribution is -2.43. The zero-order chi connectivity index (χ0) is 14.0. The van der Waals surface area contributed by atoms with Crippen LogP contribution in [-0.2, 0) is 11.3 Å². The predicted octanol–water partition coefficient (Wildman–Crippen LogP) is 0.988. The van der Waals surface area contributed by atoms with Gasteiger partial charge in [-0.1, -0.05) is 0 Å². The topological polar surface area (TPSA) is 95.7 Å². The van der Waals surface area contributed by atoms with Crippen molar-refractivity contribution in [3.8, 4) is 0 Å². The number of carbonyl (C=O) groups excluding carboxylic acids is 1. The van der Waals surface area contributed by atoms with Gasteiger partial charge in [0.15, 0.2) is 0 Å². The van der Waals surface area contributed by atoms with Gasteiger partial charge in [-0.2, -0.15) is 0 Å². The number of hydrogen-bond donors (Lipinski definition) is 2. The molecule has 0 spiro atoms. The summed E-state index contributed by atoms with van der Waals surface area (Å²) in [5, 5.41) is 11.7. The van der Waals surface area contributed by atoms with E-state index < -0.39 is 11.9 Å². The fraction of sp³-hybridized carbons (Fsp3) is 0.583. The van der Waals surface area contributed by atoms with Gasteiger partial charge in [-0.3, -0.25) is 4.79 Å². The average molecular weight is 267 g/mol. The molecule has 2 N–H and O–H groups in total. The molecule has 104 valence electrons. The van der Waals surface area contributed by atoms with E-state index in [0.717, 1.165) is 0 Å². The van der Waals surface area contributed by atoms with Gasteiger partial charge in [0.2, 0.25) is 5.89 Å². The molecule has 1 aromatic heterocycles. The molecule has 7 nitrogen and oxygen atoms in total. The van der Waals surface area contributed by atoms with Crippen LogP contribution in [0.2, 0.25) is 0 Å². The quantitative estimate of drug-likeness (QED) is 0.851. The number of carboxylic acids is 1. The van der Waals surface area contributed by atoms with Crippen molar-refractivity contribution in [2.24, 2.45) is 5.92 Å². The summed E-state index contributed by atoms with van der Waals surface area (Å²) >= 11 is 0. The lowest BCUT2D eigenvalue weighted by molar-refractivity contribution is -0.142. The molecular formula is C12H17N3O4. The number of rotatable bonds is 3. The molecule has 2 heterocycles. The number of aromatic nitrogens is 1. The zero-order valence-electron chi connectivity index (χ0n) is 10.9. The third-order valence-electron chi connectivity index (χ3n) is 3.39. The van der Waals surface area contributed by atoms with Crippen LogP contribution in [0.5, 0.6) is 0 Å². The van der Waals surface area contributed by atoms with E-state index in [4.69, 9.17) is 9.52 Å². The average Bonchev–Trinajstić information content (AvgIpc) is 2.92. The van der Waals surface area contributed by atoms with Crippen molar-refractivity contribution in [2.75, 3.05) is 6.54 Å². The Balaban J connectivity index is 1.89. The maximum absolute atomic E-state index is 12.0. The van der Waals surface area contributed by atoms with Crippen LogP contribution in [0.1, 0.15) is 25.0 Å². The Morgan fingerprint density at radius 1 is 1.63 bits per heavy atom. The largest absolute Gasteiger partial charge is 0.481 e. The first-order valence-corrected chi connectivity index (χ1v) is 6.17. The number of nitrogens with zero attached hydrogens (tertiary/aromatic N) is 2. The minimum atomic E-state index is -0.855. The van der Waals surface area contributed by atoms with Crippen LogP contribution in [0.15, 0.2) is 10.6 Å². The molecule has 1 aromatic rings. The summed E-state index contributed by atoms with van der Waals surface area (Å²) in [5.41, 5.74) is 0. The summed E-state index contributed by atoms with van der Waals surface area (Å²) in [6, 6.07) is -0.587. The Hall–Kier alpha value is -2.05. The highest BCUT2D eigenvalue weighted by molar-refractivity contribution is 5.78. The first kappa shape index (κ1) is 13.4. The summed E-state index contributed by atoms with van der Waals surface area (Å²) in [4.78, 5) is 28.5. The number of aryl methyl sites for hydroxylation is 1. The van der Waals surface area contributed by atoms with Gasteiger partial charge in [-0.05, 0) is 20.3 Å². The third kappa shape index (κ3) is 2.86. The second-order valence-electron chi connectivity index (χ2n) is 4.69. The van der Waals surface area contributed by atoms with Gasteiger partial charge in [0.1, 0.15) is 5.76 Å². The van der Waals surface area contributed by atoms with Crippen LogP contribution in [-0.4, -0.2) is 39.6 Å². The number of carboxylic acid groups (broad SMARTS) is 1. The summed E-state index contributed by atoms with van der Waals surface area (Å²) < 4.78 is 5.24. The number of nitrogens with one attached hydrogen (secondary N) is 1. The molecule has 2 atom stereocenters. The highest BCUT2D eigenvalue weighted by atomic mass is 16.4. The monoisotopic (exact) mass is 267 g/mol. The molecule has 0 radical (unpaired) electrons. The fourth-order valence-electron chi connectivity index (χ4n) is 2.29. The third-order valence-corrected chi connectivity index (χ3v) is 3.39. The van der Waals surface area contributed by atoms with Crippen molar-refractivity contribution in [1.82, 2.24) is 15.2 Å². The Morgan fingerprint density at radius 2 is 2.37 bits per heavy atom. The van der Waals surface area contributed by atoms with E-state index in [1.165, 1.54) is 4.90 Å². The number of hydrogen-bond acceptors (Lipinski definition) is 4. The minimum absolute atomic E-state index is 0.202. The van der Waals surface area contributed by atoms with Crippen molar-refractivity contribution >= 4 is 12.0 Å². The number of oxazole rings is 1. The molecule has 2 rings (SSSR count). The molecule has 0 aromatic carbocycles. The van der Waals surface area contributed by atoms with Crippen LogP contribution >= 0.6 is 0 Å². The summed E-state index contributed by atoms with van der Waals surface area (Å²) in [6.45, 7) is 4.18. The van der Waals surface area contributed by atoms with Gasteiger partial charge in [-0.25, -0.2) is 9.78 Å². The van der Waals surface area contributed by atoms with E-state index >= 15 is 0 Å². The lowest BCUT2D eigenvalue weighted by Gasteiger charge is -2.23. The Bertz CT molecular complexity index is 485. The normalized spacial score (nSPS) is 22.5. The Kier molecular flexibility index (Phi) is 3.73. The highest BCUT2D eigenvalue weighted by Gasteiger charge is 2.38. The number of carbonyl (C=O) groups is 2. The zero-order valence-corrected chi connectivity index (χ0v) is 10.9. The van der Waals surface area contributed by atoms with Crippen molar-refractivity contribution in [3.63, 3.8) is 0 Å². The number of urea groups is 1.